The largest absolute Gasteiger partial charge is 0.507 e. The molecule has 6 rings (SSSR count). The summed E-state index contributed by atoms with van der Waals surface area (Å²) in [6, 6.07) is 14.9. The van der Waals surface area contributed by atoms with Crippen molar-refractivity contribution in [1.29, 1.82) is 0 Å². The minimum Gasteiger partial charge on any atom is -0.507 e. The normalized spacial score (nSPS) is 19.8. The van der Waals surface area contributed by atoms with E-state index in [2.05, 4.69) is 4.98 Å². The van der Waals surface area contributed by atoms with Gasteiger partial charge in [-0.2, -0.15) is 0 Å². The summed E-state index contributed by atoms with van der Waals surface area (Å²) in [6.07, 6.45) is 0.631. The van der Waals surface area contributed by atoms with Gasteiger partial charge in [0.2, 0.25) is 0 Å². The highest BCUT2D eigenvalue weighted by Crippen LogP contribution is 2.45. The van der Waals surface area contributed by atoms with Gasteiger partial charge in [-0.1, -0.05) is 11.3 Å². The lowest BCUT2D eigenvalue weighted by atomic mass is 9.94. The van der Waals surface area contributed by atoms with E-state index in [0.717, 1.165) is 10.3 Å². The number of methoxy groups -OCH3 is 1. The van der Waals surface area contributed by atoms with Crippen LogP contribution in [0.5, 0.6) is 11.5 Å². The molecule has 3 heterocycles. The Hall–Kier alpha value is -4.77. The first-order chi connectivity index (χ1) is 18.7. The Labute approximate surface area is 225 Å². The van der Waals surface area contributed by atoms with Crippen molar-refractivity contribution < 1.29 is 29.1 Å². The van der Waals surface area contributed by atoms with Gasteiger partial charge in [0.05, 0.1) is 33.9 Å². The van der Waals surface area contributed by atoms with E-state index in [1.165, 1.54) is 40.5 Å². The molecule has 0 spiro atoms. The standard InChI is InChI=1S/C28H21N3O7S/c1-14-11-17-12-16(5-10-21(17)38-14)25(32)23-24(15-3-6-18(7-4-15)31(35)36)30(27(34)26(23)33)28-29-20-9-8-19(37-2)13-22(20)39-28/h3-10,12-14,24,32H,11H2,1-2H3/t14-,24-/m0/s1. The van der Waals surface area contributed by atoms with Crippen LogP contribution in [0.1, 0.15) is 29.7 Å². The van der Waals surface area contributed by atoms with Crippen LogP contribution in [0.2, 0.25) is 0 Å². The Morgan fingerprint density at radius 1 is 1.15 bits per heavy atom. The number of Topliss-reactive ketones (excluding diaryl/α,β-unsaturated/α-hetero) is 1. The zero-order valence-corrected chi connectivity index (χ0v) is 21.6. The molecule has 1 fully saturated rings. The number of benzene rings is 3. The number of aliphatic hydroxyl groups is 1. The molecule has 1 N–H and O–H groups in total. The highest BCUT2D eigenvalue weighted by Gasteiger charge is 2.48. The molecule has 196 valence electrons. The summed E-state index contributed by atoms with van der Waals surface area (Å²) in [5, 5.41) is 23.0. The first-order valence-corrected chi connectivity index (χ1v) is 12.9. The molecule has 11 heteroatoms. The number of amides is 1. The van der Waals surface area contributed by atoms with Crippen LogP contribution in [0.3, 0.4) is 0 Å². The second-order valence-electron chi connectivity index (χ2n) is 9.30. The molecule has 0 unspecified atom stereocenters. The molecule has 0 aliphatic carbocycles. The minimum absolute atomic E-state index is 0.0132. The molecule has 1 aromatic heterocycles. The van der Waals surface area contributed by atoms with Crippen LogP contribution >= 0.6 is 11.3 Å². The molecule has 2 atom stereocenters. The van der Waals surface area contributed by atoms with Gasteiger partial charge >= 0.3 is 5.91 Å². The number of hydrogen-bond donors (Lipinski definition) is 1. The van der Waals surface area contributed by atoms with Gasteiger partial charge < -0.3 is 14.6 Å². The summed E-state index contributed by atoms with van der Waals surface area (Å²) in [6.45, 7) is 1.94. The summed E-state index contributed by atoms with van der Waals surface area (Å²) in [5.74, 6) is -0.760. The summed E-state index contributed by atoms with van der Waals surface area (Å²) >= 11 is 1.20. The van der Waals surface area contributed by atoms with E-state index in [4.69, 9.17) is 9.47 Å². The van der Waals surface area contributed by atoms with E-state index in [9.17, 15) is 24.8 Å². The molecule has 10 nitrogen and oxygen atoms in total. The predicted octanol–water partition coefficient (Wildman–Crippen LogP) is 5.16. The van der Waals surface area contributed by atoms with E-state index < -0.39 is 22.7 Å². The third kappa shape index (κ3) is 4.07. The van der Waals surface area contributed by atoms with E-state index in [0.29, 0.717) is 34.6 Å². The fraction of sp³-hybridized carbons (Fsp3) is 0.179. The number of fused-ring (bicyclic) bond motifs is 2. The van der Waals surface area contributed by atoms with Crippen LogP contribution in [-0.2, 0) is 16.0 Å². The van der Waals surface area contributed by atoms with Crippen molar-refractivity contribution in [3.05, 3.63) is 93.0 Å². The summed E-state index contributed by atoms with van der Waals surface area (Å²) in [7, 11) is 1.54. The van der Waals surface area contributed by atoms with Crippen molar-refractivity contribution >= 4 is 49.8 Å². The first kappa shape index (κ1) is 24.6. The number of carbonyl (C=O) groups is 2. The zero-order valence-electron chi connectivity index (χ0n) is 20.8. The van der Waals surface area contributed by atoms with Crippen LogP contribution in [0.15, 0.2) is 66.2 Å². The molecule has 2 aliphatic rings. The van der Waals surface area contributed by atoms with Crippen molar-refractivity contribution in [3.63, 3.8) is 0 Å². The summed E-state index contributed by atoms with van der Waals surface area (Å²) in [5.41, 5.74) is 2.00. The molecule has 39 heavy (non-hydrogen) atoms. The van der Waals surface area contributed by atoms with Gasteiger partial charge in [-0.3, -0.25) is 24.6 Å². The van der Waals surface area contributed by atoms with Gasteiger partial charge in [0.15, 0.2) is 5.13 Å². The van der Waals surface area contributed by atoms with Crippen molar-refractivity contribution in [1.82, 2.24) is 4.98 Å². The lowest BCUT2D eigenvalue weighted by molar-refractivity contribution is -0.384. The molecule has 0 radical (unpaired) electrons. The number of carbonyl (C=O) groups excluding carboxylic acids is 2. The molecule has 0 bridgehead atoms. The highest BCUT2D eigenvalue weighted by atomic mass is 32.1. The number of hydrogen-bond acceptors (Lipinski definition) is 9. The average Bonchev–Trinajstić information content (AvgIpc) is 3.59. The molecular formula is C28H21N3O7S. The number of nitro benzene ring substituents is 1. The fourth-order valence-electron chi connectivity index (χ4n) is 4.97. The van der Waals surface area contributed by atoms with Gasteiger partial charge in [-0.05, 0) is 66.6 Å². The van der Waals surface area contributed by atoms with Crippen molar-refractivity contribution in [3.8, 4) is 11.5 Å². The maximum Gasteiger partial charge on any atom is 0.301 e. The monoisotopic (exact) mass is 543 g/mol. The van der Waals surface area contributed by atoms with Gasteiger partial charge in [0.1, 0.15) is 23.4 Å². The third-order valence-electron chi connectivity index (χ3n) is 6.82. The molecule has 1 amide bonds. The molecular weight excluding hydrogens is 522 g/mol. The smallest absolute Gasteiger partial charge is 0.301 e. The Morgan fingerprint density at radius 2 is 1.92 bits per heavy atom. The van der Waals surface area contributed by atoms with Crippen LogP contribution in [0, 0.1) is 10.1 Å². The first-order valence-electron chi connectivity index (χ1n) is 12.0. The third-order valence-corrected chi connectivity index (χ3v) is 7.84. The number of rotatable bonds is 5. The van der Waals surface area contributed by atoms with Crippen LogP contribution in [0.4, 0.5) is 10.8 Å². The molecule has 3 aromatic carbocycles. The van der Waals surface area contributed by atoms with Gasteiger partial charge in [0.25, 0.3) is 11.5 Å². The van der Waals surface area contributed by atoms with E-state index >= 15 is 0 Å². The van der Waals surface area contributed by atoms with Gasteiger partial charge in [-0.25, -0.2) is 4.98 Å². The zero-order chi connectivity index (χ0) is 27.4. The van der Waals surface area contributed by atoms with Gasteiger partial charge in [-0.15, -0.1) is 0 Å². The van der Waals surface area contributed by atoms with E-state index in [-0.39, 0.29) is 28.3 Å². The van der Waals surface area contributed by atoms with Crippen LogP contribution in [0.25, 0.3) is 16.0 Å². The van der Waals surface area contributed by atoms with Crippen molar-refractivity contribution in [2.45, 2.75) is 25.5 Å². The molecule has 1 saturated heterocycles. The summed E-state index contributed by atoms with van der Waals surface area (Å²) < 4.78 is 11.8. The van der Waals surface area contributed by atoms with E-state index in [1.54, 1.807) is 43.5 Å². The molecule has 0 saturated carbocycles. The minimum atomic E-state index is -1.06. The van der Waals surface area contributed by atoms with Gasteiger partial charge in [0, 0.05) is 24.1 Å². The highest BCUT2D eigenvalue weighted by molar-refractivity contribution is 7.22. The number of non-ortho nitro benzene ring substituents is 1. The SMILES string of the molecule is COc1ccc2nc(N3C(=O)C(=O)C(=C(O)c4ccc5c(c4)C[C@H](C)O5)[C@@H]3c3ccc([N+](=O)[O-])cc3)sc2c1. The number of anilines is 1. The predicted molar refractivity (Wildman–Crippen MR) is 144 cm³/mol. The lowest BCUT2D eigenvalue weighted by Gasteiger charge is -2.23. The van der Waals surface area contributed by atoms with Crippen LogP contribution < -0.4 is 14.4 Å². The topological polar surface area (TPSA) is 132 Å². The van der Waals surface area contributed by atoms with E-state index in [1.807, 2.05) is 6.92 Å². The number of nitro groups is 1. The van der Waals surface area contributed by atoms with Crippen LogP contribution in [-0.4, -0.2) is 39.9 Å². The number of ketones is 1. The maximum atomic E-state index is 13.5. The Morgan fingerprint density at radius 3 is 2.64 bits per heavy atom. The second-order valence-corrected chi connectivity index (χ2v) is 10.3. The quantitative estimate of drug-likeness (QED) is 0.120. The molecule has 4 aromatic rings. The van der Waals surface area contributed by atoms with Crippen molar-refractivity contribution in [2.24, 2.45) is 0 Å². The number of aromatic nitrogens is 1. The number of thiazole rings is 1. The Kier molecular flexibility index (Phi) is 5.80. The maximum absolute atomic E-state index is 13.5. The summed E-state index contributed by atoms with van der Waals surface area (Å²) in [4.78, 5) is 43.5. The number of aliphatic hydroxyl groups excluding tert-OH is 1. The number of ether oxygens (including phenoxy) is 2. The fourth-order valence-corrected chi connectivity index (χ4v) is 5.99. The Balaban J connectivity index is 1.52. The lowest BCUT2D eigenvalue weighted by Crippen LogP contribution is -2.29. The molecule has 2 aliphatic heterocycles. The van der Waals surface area contributed by atoms with Crippen molar-refractivity contribution in [2.75, 3.05) is 12.0 Å². The average molecular weight is 544 g/mol. The second kappa shape index (κ2) is 9.21. The Bertz CT molecular complexity index is 1710. The number of nitrogens with zero attached hydrogens (tertiary/aromatic N) is 3.